The van der Waals surface area contributed by atoms with Gasteiger partial charge in [0, 0.05) is 0 Å². The molecule has 9 heavy (non-hydrogen) atoms. The van der Waals surface area contributed by atoms with Gasteiger partial charge in [-0.05, 0) is 26.7 Å². The van der Waals surface area contributed by atoms with E-state index in [9.17, 15) is 5.11 Å². The first kappa shape index (κ1) is 8.96. The predicted octanol–water partition coefficient (Wildman–Crippen LogP) is 2.15. The second-order valence-corrected chi connectivity index (χ2v) is 3.11. The molecule has 0 saturated carbocycles. The van der Waals surface area contributed by atoms with Crippen LogP contribution in [-0.4, -0.2) is 10.7 Å². The first-order valence-corrected chi connectivity index (χ1v) is 3.56. The van der Waals surface area contributed by atoms with Crippen LogP contribution < -0.4 is 0 Å². The van der Waals surface area contributed by atoms with E-state index in [2.05, 4.69) is 6.42 Å². The Kier molecular flexibility index (Phi) is 3.87. The summed E-state index contributed by atoms with van der Waals surface area (Å²) in [5.41, 5.74) is -0.469. The minimum atomic E-state index is -0.469. The minimum Gasteiger partial charge on any atom is -0.390 e. The first-order chi connectivity index (χ1) is 4.06. The van der Waals surface area contributed by atoms with Crippen molar-refractivity contribution >= 4 is 0 Å². The summed E-state index contributed by atoms with van der Waals surface area (Å²) < 4.78 is 0. The van der Waals surface area contributed by atoms with Gasteiger partial charge in [-0.15, -0.1) is 0 Å². The van der Waals surface area contributed by atoms with Crippen molar-refractivity contribution in [2.75, 3.05) is 0 Å². The van der Waals surface area contributed by atoms with Crippen LogP contribution in [0.3, 0.4) is 0 Å². The molecule has 0 aromatic carbocycles. The number of unbranched alkanes of at least 4 members (excludes halogenated alkanes) is 2. The van der Waals surface area contributed by atoms with Gasteiger partial charge >= 0.3 is 0 Å². The maximum absolute atomic E-state index is 9.23. The first-order valence-electron chi connectivity index (χ1n) is 3.56. The van der Waals surface area contributed by atoms with Gasteiger partial charge in [-0.3, -0.25) is 0 Å². The number of hydrogen-bond donors (Lipinski definition) is 1. The van der Waals surface area contributed by atoms with Gasteiger partial charge in [0.05, 0.1) is 5.60 Å². The highest BCUT2D eigenvalue weighted by Gasteiger charge is 2.10. The molecule has 0 aliphatic rings. The van der Waals surface area contributed by atoms with E-state index in [4.69, 9.17) is 0 Å². The molecule has 1 heteroatoms. The highest BCUT2D eigenvalue weighted by atomic mass is 16.3. The Labute approximate surface area is 58.1 Å². The molecule has 1 N–H and O–H groups in total. The van der Waals surface area contributed by atoms with Crippen molar-refractivity contribution in [2.24, 2.45) is 0 Å². The molecule has 0 fully saturated rings. The third-order valence-corrected chi connectivity index (χ3v) is 1.28. The molecule has 0 aromatic rings. The molecule has 0 heterocycles. The van der Waals surface area contributed by atoms with Crippen LogP contribution in [0.1, 0.15) is 40.0 Å². The van der Waals surface area contributed by atoms with E-state index in [0.717, 1.165) is 19.3 Å². The van der Waals surface area contributed by atoms with E-state index in [0.29, 0.717) is 0 Å². The summed E-state index contributed by atoms with van der Waals surface area (Å²) in [6, 6.07) is 0. The van der Waals surface area contributed by atoms with Crippen LogP contribution in [0.5, 0.6) is 0 Å². The van der Waals surface area contributed by atoms with E-state index in [1.165, 1.54) is 0 Å². The third-order valence-electron chi connectivity index (χ3n) is 1.28. The highest BCUT2D eigenvalue weighted by molar-refractivity contribution is 4.66. The monoisotopic (exact) mass is 129 g/mol. The second-order valence-electron chi connectivity index (χ2n) is 3.11. The van der Waals surface area contributed by atoms with Gasteiger partial charge in [0.25, 0.3) is 0 Å². The summed E-state index contributed by atoms with van der Waals surface area (Å²) >= 11 is 0. The summed E-state index contributed by atoms with van der Waals surface area (Å²) in [5, 5.41) is 9.23. The lowest BCUT2D eigenvalue weighted by Gasteiger charge is -2.15. The highest BCUT2D eigenvalue weighted by Crippen LogP contribution is 2.11. The number of rotatable bonds is 4. The Morgan fingerprint density at radius 2 is 2.00 bits per heavy atom. The van der Waals surface area contributed by atoms with Gasteiger partial charge in [-0.25, -0.2) is 0 Å². The molecule has 1 nitrogen and oxygen atoms in total. The fourth-order valence-electron chi connectivity index (χ4n) is 0.739. The predicted molar refractivity (Wildman–Crippen MR) is 40.1 cm³/mol. The van der Waals surface area contributed by atoms with Crippen molar-refractivity contribution in [1.82, 2.24) is 0 Å². The van der Waals surface area contributed by atoms with E-state index >= 15 is 0 Å². The number of hydrogen-bond acceptors (Lipinski definition) is 1. The Morgan fingerprint density at radius 1 is 1.44 bits per heavy atom. The fourth-order valence-corrected chi connectivity index (χ4v) is 0.739. The Morgan fingerprint density at radius 3 is 2.33 bits per heavy atom. The van der Waals surface area contributed by atoms with Crippen molar-refractivity contribution in [1.29, 1.82) is 0 Å². The van der Waals surface area contributed by atoms with Gasteiger partial charge in [0.15, 0.2) is 0 Å². The van der Waals surface area contributed by atoms with Crippen molar-refractivity contribution in [2.45, 2.75) is 45.6 Å². The molecule has 0 bridgehead atoms. The SMILES string of the molecule is C[CH]CCCC(C)(C)O. The minimum absolute atomic E-state index is 0.469. The zero-order chi connectivity index (χ0) is 7.33. The van der Waals surface area contributed by atoms with Crippen LogP contribution in [-0.2, 0) is 0 Å². The van der Waals surface area contributed by atoms with Crippen LogP contribution in [0, 0.1) is 6.42 Å². The van der Waals surface area contributed by atoms with E-state index in [-0.39, 0.29) is 0 Å². The maximum Gasteiger partial charge on any atom is 0.0591 e. The summed E-state index contributed by atoms with van der Waals surface area (Å²) in [6.07, 6.45) is 5.24. The zero-order valence-electron chi connectivity index (χ0n) is 6.65. The normalized spacial score (nSPS) is 12.0. The quantitative estimate of drug-likeness (QED) is 0.577. The smallest absolute Gasteiger partial charge is 0.0591 e. The molecule has 0 saturated heterocycles. The molecule has 0 aliphatic heterocycles. The molecule has 0 unspecified atom stereocenters. The molecule has 0 atom stereocenters. The summed E-state index contributed by atoms with van der Waals surface area (Å²) in [6.45, 7) is 5.75. The lowest BCUT2D eigenvalue weighted by Crippen LogP contribution is -2.17. The van der Waals surface area contributed by atoms with Gasteiger partial charge in [-0.2, -0.15) is 0 Å². The van der Waals surface area contributed by atoms with E-state index in [1.54, 1.807) is 0 Å². The van der Waals surface area contributed by atoms with E-state index in [1.807, 2.05) is 20.8 Å². The summed E-state index contributed by atoms with van der Waals surface area (Å²) in [5.74, 6) is 0. The van der Waals surface area contributed by atoms with Crippen molar-refractivity contribution in [3.8, 4) is 0 Å². The Balaban J connectivity index is 3.07. The van der Waals surface area contributed by atoms with Gasteiger partial charge in [0.2, 0.25) is 0 Å². The van der Waals surface area contributed by atoms with Crippen LogP contribution in [0.25, 0.3) is 0 Å². The van der Waals surface area contributed by atoms with E-state index < -0.39 is 5.60 Å². The molecule has 55 valence electrons. The molecule has 0 amide bonds. The average Bonchev–Trinajstić information content (AvgIpc) is 1.63. The van der Waals surface area contributed by atoms with Gasteiger partial charge in [0.1, 0.15) is 0 Å². The van der Waals surface area contributed by atoms with Crippen LogP contribution in [0.4, 0.5) is 0 Å². The molecular weight excluding hydrogens is 112 g/mol. The largest absolute Gasteiger partial charge is 0.390 e. The van der Waals surface area contributed by atoms with Crippen LogP contribution >= 0.6 is 0 Å². The molecule has 0 rings (SSSR count). The molecule has 0 aromatic heterocycles. The van der Waals surface area contributed by atoms with Crippen LogP contribution in [0.15, 0.2) is 0 Å². The maximum atomic E-state index is 9.23. The van der Waals surface area contributed by atoms with Crippen molar-refractivity contribution in [3.05, 3.63) is 6.42 Å². The summed E-state index contributed by atoms with van der Waals surface area (Å²) in [4.78, 5) is 0. The Bertz CT molecular complexity index is 61.5. The average molecular weight is 129 g/mol. The zero-order valence-corrected chi connectivity index (χ0v) is 6.65. The standard InChI is InChI=1S/C8H17O/c1-4-5-6-7-8(2,3)9/h4,9H,5-7H2,1-3H3. The fraction of sp³-hybridized carbons (Fsp3) is 0.875. The van der Waals surface area contributed by atoms with Gasteiger partial charge in [-0.1, -0.05) is 19.8 Å². The van der Waals surface area contributed by atoms with Crippen molar-refractivity contribution < 1.29 is 5.11 Å². The lowest BCUT2D eigenvalue weighted by molar-refractivity contribution is 0.0689. The molecule has 1 radical (unpaired) electrons. The second kappa shape index (κ2) is 3.89. The molecule has 0 spiro atoms. The summed E-state index contributed by atoms with van der Waals surface area (Å²) in [7, 11) is 0. The Hall–Kier alpha value is -0.0400. The lowest BCUT2D eigenvalue weighted by atomic mass is 10.0. The van der Waals surface area contributed by atoms with Gasteiger partial charge < -0.3 is 5.11 Å². The molecular formula is C8H17O. The van der Waals surface area contributed by atoms with Crippen molar-refractivity contribution in [3.63, 3.8) is 0 Å². The molecule has 0 aliphatic carbocycles. The van der Waals surface area contributed by atoms with Crippen LogP contribution in [0.2, 0.25) is 0 Å². The third kappa shape index (κ3) is 7.96. The number of aliphatic hydroxyl groups is 1. The topological polar surface area (TPSA) is 20.2 Å².